The molecule has 0 saturated carbocycles. The minimum Gasteiger partial charge on any atom is -0.489 e. The monoisotopic (exact) mass is 661 g/mol. The molecule has 12 heteroatoms. The van der Waals surface area contributed by atoms with Crippen LogP contribution in [0, 0.1) is 11.8 Å². The first-order valence-corrected chi connectivity index (χ1v) is 15.5. The van der Waals surface area contributed by atoms with Crippen LogP contribution < -0.4 is 20.7 Å². The Morgan fingerprint density at radius 1 is 1.00 bits per heavy atom. The van der Waals surface area contributed by atoms with Gasteiger partial charge >= 0.3 is 6.18 Å². The van der Waals surface area contributed by atoms with Crippen LogP contribution >= 0.6 is 0 Å². The lowest BCUT2D eigenvalue weighted by atomic mass is 10.1. The zero-order chi connectivity index (χ0) is 34.1. The third-order valence-corrected chi connectivity index (χ3v) is 7.77. The first kappa shape index (κ1) is 34.2. The fourth-order valence-corrected chi connectivity index (χ4v) is 5.35. The zero-order valence-corrected chi connectivity index (χ0v) is 26.9. The highest BCUT2D eigenvalue weighted by Gasteiger charge is 2.30. The van der Waals surface area contributed by atoms with Crippen LogP contribution in [0.5, 0.6) is 5.75 Å². The first-order chi connectivity index (χ1) is 23.2. The second kappa shape index (κ2) is 15.6. The number of amides is 1. The number of methoxy groups -OCH3 is 1. The summed E-state index contributed by atoms with van der Waals surface area (Å²) in [5, 5.41) is 9.69. The van der Waals surface area contributed by atoms with Crippen LogP contribution in [0.15, 0.2) is 73.3 Å². The predicted molar refractivity (Wildman–Crippen MR) is 182 cm³/mol. The Balaban J connectivity index is 1.36. The van der Waals surface area contributed by atoms with Crippen molar-refractivity contribution in [2.45, 2.75) is 12.7 Å². The second-order valence-corrected chi connectivity index (χ2v) is 11.0. The summed E-state index contributed by atoms with van der Waals surface area (Å²) in [6.07, 6.45) is -4.45. The molecule has 48 heavy (non-hydrogen) atoms. The molecule has 3 N–H and O–H groups in total. The molecule has 0 unspecified atom stereocenters. The molecule has 1 aliphatic heterocycles. The van der Waals surface area contributed by atoms with E-state index in [2.05, 4.69) is 39.3 Å². The van der Waals surface area contributed by atoms with Gasteiger partial charge in [-0.3, -0.25) is 4.79 Å². The summed E-state index contributed by atoms with van der Waals surface area (Å²) >= 11 is 0. The Morgan fingerprint density at radius 3 is 2.46 bits per heavy atom. The van der Waals surface area contributed by atoms with E-state index in [9.17, 15) is 18.0 Å². The summed E-state index contributed by atoms with van der Waals surface area (Å²) in [7, 11) is 3.09. The van der Waals surface area contributed by atoms with Crippen molar-refractivity contribution in [2.75, 3.05) is 70.9 Å². The van der Waals surface area contributed by atoms with Crippen LogP contribution in [0.25, 0.3) is 16.6 Å². The van der Waals surface area contributed by atoms with E-state index in [1.165, 1.54) is 11.6 Å². The lowest BCUT2D eigenvalue weighted by Crippen LogP contribution is -2.34. The van der Waals surface area contributed by atoms with Crippen molar-refractivity contribution in [1.29, 1.82) is 0 Å². The molecule has 0 radical (unpaired) electrons. The highest BCUT2D eigenvalue weighted by Crippen LogP contribution is 2.32. The van der Waals surface area contributed by atoms with E-state index < -0.39 is 12.7 Å². The summed E-state index contributed by atoms with van der Waals surface area (Å²) in [5.41, 5.74) is 4.97. The normalized spacial score (nSPS) is 13.1. The van der Waals surface area contributed by atoms with Crippen LogP contribution in [0.3, 0.4) is 0 Å². The quantitative estimate of drug-likeness (QED) is 0.125. The van der Waals surface area contributed by atoms with Crippen molar-refractivity contribution in [3.05, 3.63) is 90.1 Å². The van der Waals surface area contributed by atoms with Gasteiger partial charge in [-0.05, 0) is 60.0 Å². The molecule has 1 amide bonds. The number of rotatable bonds is 12. The van der Waals surface area contributed by atoms with Gasteiger partial charge in [0.1, 0.15) is 18.9 Å². The minimum absolute atomic E-state index is 0.112. The lowest BCUT2D eigenvalue weighted by Gasteiger charge is -2.30. The Bertz CT molecular complexity index is 1800. The van der Waals surface area contributed by atoms with Crippen molar-refractivity contribution in [2.24, 2.45) is 0 Å². The van der Waals surface area contributed by atoms with Crippen LogP contribution in [-0.4, -0.2) is 81.8 Å². The molecule has 0 spiro atoms. The average molecular weight is 662 g/mol. The number of nitrogens with zero attached hydrogens (tertiary/aromatic N) is 2. The molecule has 3 aromatic carbocycles. The standard InChI is InChI=1S/C36H38F3N5O4/c1-25(43-16-18-47-19-17-43)26-9-12-28(13-10-26)42-31-7-4-8-33-30(31)23-29(44(33)24-36(37,38)39)6-5-15-41-32-14-11-27(35(45)40-2)22-34(32)48-21-20-46-3/h4,7-14,22-23,41-42H,1,15-21,24H2,2-3H3,(H,40,45). The van der Waals surface area contributed by atoms with Gasteiger partial charge in [0, 0.05) is 55.3 Å². The smallest absolute Gasteiger partial charge is 0.406 e. The molecular weight excluding hydrogens is 623 g/mol. The van der Waals surface area contributed by atoms with Crippen LogP contribution in [-0.2, 0) is 16.0 Å². The van der Waals surface area contributed by atoms with Gasteiger partial charge in [-0.1, -0.05) is 30.7 Å². The number of anilines is 3. The number of halogens is 3. The Hall–Kier alpha value is -5.12. The lowest BCUT2D eigenvalue weighted by molar-refractivity contribution is -0.140. The Morgan fingerprint density at radius 2 is 1.75 bits per heavy atom. The summed E-state index contributed by atoms with van der Waals surface area (Å²) < 4.78 is 58.7. The molecule has 1 saturated heterocycles. The third-order valence-electron chi connectivity index (χ3n) is 7.77. The van der Waals surface area contributed by atoms with E-state index in [0.717, 1.165) is 30.0 Å². The molecule has 0 atom stereocenters. The van der Waals surface area contributed by atoms with E-state index in [4.69, 9.17) is 14.2 Å². The van der Waals surface area contributed by atoms with Gasteiger partial charge in [0.25, 0.3) is 5.91 Å². The molecule has 1 aromatic heterocycles. The van der Waals surface area contributed by atoms with E-state index in [-0.39, 0.29) is 24.8 Å². The fraction of sp³-hybridized carbons (Fsp3) is 0.306. The molecule has 252 valence electrons. The molecule has 0 aliphatic carbocycles. The molecule has 1 aliphatic rings. The van der Waals surface area contributed by atoms with Crippen molar-refractivity contribution in [1.82, 2.24) is 14.8 Å². The number of hydrogen-bond donors (Lipinski definition) is 3. The van der Waals surface area contributed by atoms with Gasteiger partial charge < -0.3 is 39.6 Å². The molecule has 9 nitrogen and oxygen atoms in total. The number of alkyl halides is 3. The van der Waals surface area contributed by atoms with Gasteiger partial charge in [0.05, 0.1) is 43.3 Å². The third kappa shape index (κ3) is 8.61. The second-order valence-electron chi connectivity index (χ2n) is 11.0. The van der Waals surface area contributed by atoms with Crippen molar-refractivity contribution < 1.29 is 32.2 Å². The van der Waals surface area contributed by atoms with E-state index in [1.54, 1.807) is 43.5 Å². The largest absolute Gasteiger partial charge is 0.489 e. The molecular formula is C36H38F3N5O4. The summed E-state index contributed by atoms with van der Waals surface area (Å²) in [6.45, 7) is 6.67. The van der Waals surface area contributed by atoms with Crippen molar-refractivity contribution in [3.8, 4) is 17.6 Å². The topological polar surface area (TPSA) is 89.0 Å². The van der Waals surface area contributed by atoms with E-state index >= 15 is 0 Å². The van der Waals surface area contributed by atoms with Crippen LogP contribution in [0.1, 0.15) is 21.6 Å². The molecule has 2 heterocycles. The maximum Gasteiger partial charge on any atom is 0.406 e. The molecule has 5 rings (SSSR count). The van der Waals surface area contributed by atoms with Gasteiger partial charge in [-0.25, -0.2) is 0 Å². The van der Waals surface area contributed by atoms with Gasteiger partial charge in [-0.15, -0.1) is 0 Å². The number of benzene rings is 3. The predicted octanol–water partition coefficient (Wildman–Crippen LogP) is 6.10. The van der Waals surface area contributed by atoms with Gasteiger partial charge in [-0.2, -0.15) is 13.2 Å². The number of morpholine rings is 1. The highest BCUT2D eigenvalue weighted by molar-refractivity contribution is 5.96. The number of carbonyl (C=O) groups excluding carboxylic acids is 1. The van der Waals surface area contributed by atoms with E-state index in [1.807, 2.05) is 30.3 Å². The number of aromatic nitrogens is 1. The van der Waals surface area contributed by atoms with Crippen LogP contribution in [0.2, 0.25) is 0 Å². The van der Waals surface area contributed by atoms with Crippen molar-refractivity contribution >= 4 is 39.6 Å². The summed E-state index contributed by atoms with van der Waals surface area (Å²) in [6, 6.07) is 19.6. The maximum atomic E-state index is 13.7. The maximum absolute atomic E-state index is 13.7. The summed E-state index contributed by atoms with van der Waals surface area (Å²) in [5.74, 6) is 6.03. The zero-order valence-electron chi connectivity index (χ0n) is 26.9. The molecule has 1 fully saturated rings. The molecule has 4 aromatic rings. The number of fused-ring (bicyclic) bond motifs is 1. The first-order valence-electron chi connectivity index (χ1n) is 15.5. The number of hydrogen-bond acceptors (Lipinski definition) is 7. The Labute approximate surface area is 277 Å². The Kier molecular flexibility index (Phi) is 11.2. The SMILES string of the molecule is C=C(c1ccc(Nc2cccc3c2cc(C#CCNc2ccc(C(=O)NC)cc2OCCOC)n3CC(F)(F)F)cc1)N1CCOCC1. The summed E-state index contributed by atoms with van der Waals surface area (Å²) in [4.78, 5) is 14.3. The molecule has 0 bridgehead atoms. The average Bonchev–Trinajstić information content (AvgIpc) is 3.43. The number of nitrogens with one attached hydrogen (secondary N) is 3. The fourth-order valence-electron chi connectivity index (χ4n) is 5.35. The number of ether oxygens (including phenoxy) is 3. The van der Waals surface area contributed by atoms with E-state index in [0.29, 0.717) is 53.4 Å². The van der Waals surface area contributed by atoms with Gasteiger partial charge in [0.15, 0.2) is 0 Å². The minimum atomic E-state index is -4.45. The van der Waals surface area contributed by atoms with Crippen LogP contribution in [0.4, 0.5) is 30.2 Å². The number of carbonyl (C=O) groups is 1. The van der Waals surface area contributed by atoms with Crippen molar-refractivity contribution in [3.63, 3.8) is 0 Å². The van der Waals surface area contributed by atoms with Gasteiger partial charge in [0.2, 0.25) is 0 Å². The highest BCUT2D eigenvalue weighted by atomic mass is 19.4.